The molecule has 0 bridgehead atoms. The minimum atomic E-state index is -0.765. The van der Waals surface area contributed by atoms with E-state index < -0.39 is 11.9 Å². The van der Waals surface area contributed by atoms with Crippen molar-refractivity contribution in [1.82, 2.24) is 15.2 Å². The number of nitrogens with one attached hydrogen (secondary N) is 2. The van der Waals surface area contributed by atoms with Crippen molar-refractivity contribution in [2.24, 2.45) is 0 Å². The number of pyridine rings is 1. The average Bonchev–Trinajstić information content (AvgIpc) is 2.82. The molecule has 1 aliphatic heterocycles. The van der Waals surface area contributed by atoms with Crippen molar-refractivity contribution < 1.29 is 18.7 Å². The lowest BCUT2D eigenvalue weighted by molar-refractivity contribution is -0.137. The summed E-state index contributed by atoms with van der Waals surface area (Å²) in [5, 5.41) is 6.12. The third kappa shape index (κ3) is 6.46. The highest BCUT2D eigenvalue weighted by atomic mass is 19.1. The first-order valence-corrected chi connectivity index (χ1v) is 12.0. The Hall–Kier alpha value is -3.78. The number of likely N-dealkylation sites (tertiary alicyclic amines) is 1. The summed E-state index contributed by atoms with van der Waals surface area (Å²) in [4.78, 5) is 30.5. The third-order valence-corrected chi connectivity index (χ3v) is 6.30. The molecule has 188 valence electrons. The summed E-state index contributed by atoms with van der Waals surface area (Å²) in [7, 11) is 0. The SMILES string of the molecule is CC(=O)N1CC(Oc2ccc(NC(=O)[C@@H](NC[C@@H](C)c3ccc(C)cc3)c3cccc(F)c3)nc2)C1. The van der Waals surface area contributed by atoms with Gasteiger partial charge < -0.3 is 20.3 Å². The summed E-state index contributed by atoms with van der Waals surface area (Å²) in [5.74, 6) is 0.357. The molecule has 0 saturated carbocycles. The minimum absolute atomic E-state index is 0.0285. The van der Waals surface area contributed by atoms with E-state index in [-0.39, 0.29) is 23.8 Å². The minimum Gasteiger partial charge on any atom is -0.485 e. The summed E-state index contributed by atoms with van der Waals surface area (Å²) in [6.45, 7) is 7.28. The number of aromatic nitrogens is 1. The van der Waals surface area contributed by atoms with Crippen LogP contribution in [0.25, 0.3) is 0 Å². The summed E-state index contributed by atoms with van der Waals surface area (Å²) >= 11 is 0. The van der Waals surface area contributed by atoms with E-state index in [9.17, 15) is 14.0 Å². The zero-order valence-electron chi connectivity index (χ0n) is 20.7. The Labute approximate surface area is 210 Å². The van der Waals surface area contributed by atoms with Crippen molar-refractivity contribution in [3.63, 3.8) is 0 Å². The van der Waals surface area contributed by atoms with E-state index in [0.29, 0.717) is 36.8 Å². The number of hydrogen-bond acceptors (Lipinski definition) is 5. The molecular formula is C28H31FN4O3. The van der Waals surface area contributed by atoms with Gasteiger partial charge in [0.2, 0.25) is 11.8 Å². The maximum Gasteiger partial charge on any atom is 0.247 e. The molecule has 3 aromatic rings. The lowest BCUT2D eigenvalue weighted by Gasteiger charge is -2.38. The molecule has 0 unspecified atom stereocenters. The highest BCUT2D eigenvalue weighted by molar-refractivity contribution is 5.94. The predicted molar refractivity (Wildman–Crippen MR) is 136 cm³/mol. The van der Waals surface area contributed by atoms with Gasteiger partial charge in [0.05, 0.1) is 19.3 Å². The second kappa shape index (κ2) is 11.3. The molecule has 36 heavy (non-hydrogen) atoms. The fourth-order valence-corrected chi connectivity index (χ4v) is 4.04. The van der Waals surface area contributed by atoms with Gasteiger partial charge in [-0.3, -0.25) is 9.59 Å². The van der Waals surface area contributed by atoms with Crippen LogP contribution in [0.15, 0.2) is 66.9 Å². The van der Waals surface area contributed by atoms with Gasteiger partial charge in [0, 0.05) is 13.5 Å². The number of anilines is 1. The van der Waals surface area contributed by atoms with Gasteiger partial charge in [-0.05, 0) is 48.2 Å². The predicted octanol–water partition coefficient (Wildman–Crippen LogP) is 4.21. The maximum atomic E-state index is 14.0. The molecule has 2 atom stereocenters. The molecule has 2 heterocycles. The summed E-state index contributed by atoms with van der Waals surface area (Å²) in [5.41, 5.74) is 2.87. The molecule has 2 N–H and O–H groups in total. The van der Waals surface area contributed by atoms with Crippen LogP contribution < -0.4 is 15.4 Å². The lowest BCUT2D eigenvalue weighted by atomic mass is 9.98. The van der Waals surface area contributed by atoms with Crippen LogP contribution in [0.1, 0.15) is 42.5 Å². The number of aryl methyl sites for hydroxylation is 1. The van der Waals surface area contributed by atoms with Crippen LogP contribution in [0, 0.1) is 12.7 Å². The number of carbonyl (C=O) groups is 2. The van der Waals surface area contributed by atoms with E-state index in [1.807, 2.05) is 6.92 Å². The van der Waals surface area contributed by atoms with Gasteiger partial charge in [0.15, 0.2) is 0 Å². The molecule has 0 aliphatic carbocycles. The number of ether oxygens (including phenoxy) is 1. The molecule has 1 saturated heterocycles. The first-order valence-electron chi connectivity index (χ1n) is 12.0. The van der Waals surface area contributed by atoms with Crippen LogP contribution in [0.3, 0.4) is 0 Å². The van der Waals surface area contributed by atoms with Crippen molar-refractivity contribution in [3.05, 3.63) is 89.4 Å². The standard InChI is InChI=1S/C28H31FN4O3/c1-18-7-9-21(10-8-18)19(2)14-31-27(22-5-4-6-23(29)13-22)28(35)32-26-12-11-24(15-30-26)36-25-16-33(17-25)20(3)34/h4-13,15,19,25,27,31H,14,16-17H2,1-3H3,(H,30,32,35)/t19-,27+/m1/s1. The topological polar surface area (TPSA) is 83.6 Å². The number of rotatable bonds is 9. The molecule has 7 nitrogen and oxygen atoms in total. The number of hydrogen-bond donors (Lipinski definition) is 2. The summed E-state index contributed by atoms with van der Waals surface area (Å²) in [6, 6.07) is 16.9. The van der Waals surface area contributed by atoms with Crippen molar-refractivity contribution in [2.75, 3.05) is 25.0 Å². The van der Waals surface area contributed by atoms with Crippen molar-refractivity contribution in [3.8, 4) is 5.75 Å². The van der Waals surface area contributed by atoms with Crippen LogP contribution in [0.4, 0.5) is 10.2 Å². The third-order valence-electron chi connectivity index (χ3n) is 6.30. The van der Waals surface area contributed by atoms with Gasteiger partial charge in [0.1, 0.15) is 29.5 Å². The number of halogens is 1. The summed E-state index contributed by atoms with van der Waals surface area (Å²) in [6.07, 6.45) is 1.48. The average molecular weight is 491 g/mol. The van der Waals surface area contributed by atoms with E-state index in [1.165, 1.54) is 30.8 Å². The molecular weight excluding hydrogens is 459 g/mol. The second-order valence-electron chi connectivity index (χ2n) is 9.24. The highest BCUT2D eigenvalue weighted by Crippen LogP contribution is 2.22. The number of nitrogens with zero attached hydrogens (tertiary/aromatic N) is 2. The molecule has 8 heteroatoms. The van der Waals surface area contributed by atoms with Crippen molar-refractivity contribution in [2.45, 2.75) is 38.8 Å². The molecule has 1 aromatic heterocycles. The summed E-state index contributed by atoms with van der Waals surface area (Å²) < 4.78 is 19.8. The Bertz CT molecular complexity index is 1190. The van der Waals surface area contributed by atoms with Crippen LogP contribution in [0.2, 0.25) is 0 Å². The van der Waals surface area contributed by atoms with Crippen molar-refractivity contribution in [1.29, 1.82) is 0 Å². The molecule has 1 fully saturated rings. The quantitative estimate of drug-likeness (QED) is 0.470. The number of benzene rings is 2. The fraction of sp³-hybridized carbons (Fsp3) is 0.321. The van der Waals surface area contributed by atoms with Gasteiger partial charge in [-0.25, -0.2) is 9.37 Å². The van der Waals surface area contributed by atoms with Gasteiger partial charge in [-0.15, -0.1) is 0 Å². The first kappa shape index (κ1) is 25.3. The van der Waals surface area contributed by atoms with Gasteiger partial charge in [-0.1, -0.05) is 48.9 Å². The monoisotopic (exact) mass is 490 g/mol. The first-order chi connectivity index (χ1) is 17.3. The molecule has 2 aromatic carbocycles. The van der Waals surface area contributed by atoms with E-state index in [0.717, 1.165) is 5.56 Å². The molecule has 0 spiro atoms. The van der Waals surface area contributed by atoms with Crippen LogP contribution in [0.5, 0.6) is 5.75 Å². The van der Waals surface area contributed by atoms with E-state index in [4.69, 9.17) is 4.74 Å². The zero-order valence-corrected chi connectivity index (χ0v) is 20.7. The van der Waals surface area contributed by atoms with E-state index in [1.54, 1.807) is 29.2 Å². The van der Waals surface area contributed by atoms with E-state index >= 15 is 0 Å². The Morgan fingerprint density at radius 1 is 1.11 bits per heavy atom. The van der Waals surface area contributed by atoms with Crippen LogP contribution in [-0.2, 0) is 9.59 Å². The van der Waals surface area contributed by atoms with Gasteiger partial charge in [-0.2, -0.15) is 0 Å². The lowest BCUT2D eigenvalue weighted by Crippen LogP contribution is -2.55. The highest BCUT2D eigenvalue weighted by Gasteiger charge is 2.30. The largest absolute Gasteiger partial charge is 0.485 e. The Morgan fingerprint density at radius 2 is 1.86 bits per heavy atom. The van der Waals surface area contributed by atoms with Crippen molar-refractivity contribution >= 4 is 17.6 Å². The van der Waals surface area contributed by atoms with E-state index in [2.05, 4.69) is 46.8 Å². The Morgan fingerprint density at radius 3 is 2.50 bits per heavy atom. The number of amides is 2. The second-order valence-corrected chi connectivity index (χ2v) is 9.24. The zero-order chi connectivity index (χ0) is 25.7. The van der Waals surface area contributed by atoms with Crippen LogP contribution in [-0.4, -0.2) is 47.4 Å². The Kier molecular flexibility index (Phi) is 7.95. The van der Waals surface area contributed by atoms with Crippen LogP contribution >= 0.6 is 0 Å². The Balaban J connectivity index is 1.40. The van der Waals surface area contributed by atoms with Gasteiger partial charge in [0.25, 0.3) is 0 Å². The maximum absolute atomic E-state index is 14.0. The normalized spacial score (nSPS) is 15.1. The van der Waals surface area contributed by atoms with Gasteiger partial charge >= 0.3 is 0 Å². The molecule has 0 radical (unpaired) electrons. The molecule has 2 amide bonds. The molecule has 1 aliphatic rings. The smallest absolute Gasteiger partial charge is 0.247 e. The fourth-order valence-electron chi connectivity index (χ4n) is 4.04. The number of carbonyl (C=O) groups excluding carboxylic acids is 2. The molecule has 4 rings (SSSR count).